The minimum atomic E-state index is -0.726. The lowest BCUT2D eigenvalue weighted by Gasteiger charge is -2.23. The van der Waals surface area contributed by atoms with Crippen LogP contribution in [0.1, 0.15) is 65.7 Å². The molecule has 4 atom stereocenters. The lowest BCUT2D eigenvalue weighted by molar-refractivity contribution is -0.140. The van der Waals surface area contributed by atoms with E-state index in [1.165, 1.54) is 7.11 Å². The number of methoxy groups -OCH3 is 1. The van der Waals surface area contributed by atoms with E-state index in [0.29, 0.717) is 24.0 Å². The van der Waals surface area contributed by atoms with E-state index >= 15 is 0 Å². The van der Waals surface area contributed by atoms with Gasteiger partial charge < -0.3 is 19.0 Å². The number of benzene rings is 4. The lowest BCUT2D eigenvalue weighted by Crippen LogP contribution is -2.28. The molecule has 0 spiro atoms. The van der Waals surface area contributed by atoms with Crippen LogP contribution in [0.4, 0.5) is 0 Å². The molecule has 5 rings (SSSR count). The molecule has 242 valence electrons. The van der Waals surface area contributed by atoms with E-state index in [2.05, 4.69) is 0 Å². The molecule has 0 unspecified atom stereocenters. The molecule has 0 aliphatic heterocycles. The Kier molecular flexibility index (Phi) is 11.7. The Labute approximate surface area is 275 Å². The van der Waals surface area contributed by atoms with Crippen molar-refractivity contribution >= 4 is 24.2 Å². The van der Waals surface area contributed by atoms with E-state index in [1.54, 1.807) is 24.3 Å². The van der Waals surface area contributed by atoms with Gasteiger partial charge in [-0.3, -0.25) is 4.79 Å². The van der Waals surface area contributed by atoms with Crippen molar-refractivity contribution in [1.82, 2.24) is 0 Å². The molecule has 1 aliphatic rings. The zero-order valence-electron chi connectivity index (χ0n) is 26.6. The zero-order valence-corrected chi connectivity index (χ0v) is 26.6. The first kappa shape index (κ1) is 33.3. The highest BCUT2D eigenvalue weighted by Gasteiger charge is 2.47. The summed E-state index contributed by atoms with van der Waals surface area (Å²) in [5, 5.41) is 0. The summed E-state index contributed by atoms with van der Waals surface area (Å²) >= 11 is 0. The van der Waals surface area contributed by atoms with Gasteiger partial charge in [0.05, 0.1) is 24.2 Å². The standard InChI is InChI=1S/C40H40O7/c1-45-38(42)17-11-3-2-10-16-34-35(27-41)37(47-40(44)33-24-20-31(21-25-33)29-14-8-5-9-15-29)26-36(34)46-39(43)32-22-18-30(19-23-32)28-12-6-4-7-13-28/h4-9,12-15,18-25,27,34-37H,2-3,10-11,16-17,26H2,1H3/t34-,35-,36+,37-/m1/s1. The zero-order chi connectivity index (χ0) is 33.0. The van der Waals surface area contributed by atoms with Crippen LogP contribution in [0.25, 0.3) is 22.3 Å². The Morgan fingerprint density at radius 2 is 1.09 bits per heavy atom. The van der Waals surface area contributed by atoms with Crippen LogP contribution in [-0.2, 0) is 23.8 Å². The minimum absolute atomic E-state index is 0.232. The van der Waals surface area contributed by atoms with Crippen molar-refractivity contribution in [2.24, 2.45) is 11.8 Å². The van der Waals surface area contributed by atoms with Crippen LogP contribution in [0, 0.1) is 11.8 Å². The molecule has 1 fully saturated rings. The predicted molar refractivity (Wildman–Crippen MR) is 180 cm³/mol. The van der Waals surface area contributed by atoms with E-state index in [-0.39, 0.29) is 18.3 Å². The first-order valence-corrected chi connectivity index (χ1v) is 16.2. The van der Waals surface area contributed by atoms with Crippen LogP contribution < -0.4 is 0 Å². The van der Waals surface area contributed by atoms with E-state index in [1.807, 2.05) is 84.9 Å². The number of aldehydes is 1. The first-order valence-electron chi connectivity index (χ1n) is 16.2. The number of ether oxygens (including phenoxy) is 3. The fourth-order valence-corrected chi connectivity index (χ4v) is 6.29. The normalized spacial score (nSPS) is 18.7. The molecule has 0 radical (unpaired) electrons. The SMILES string of the molecule is COC(=O)CCCCCC[C@@H]1[C@@H](C=O)[C@H](OC(=O)c2ccc(-c3ccccc3)cc2)C[C@@H]1OC(=O)c1ccc(-c2ccccc2)cc1. The van der Waals surface area contributed by atoms with Gasteiger partial charge in [-0.1, -0.05) is 104 Å². The van der Waals surface area contributed by atoms with Gasteiger partial charge in [-0.2, -0.15) is 0 Å². The topological polar surface area (TPSA) is 96.0 Å². The third-order valence-corrected chi connectivity index (χ3v) is 8.89. The van der Waals surface area contributed by atoms with Gasteiger partial charge in [0.1, 0.15) is 18.5 Å². The van der Waals surface area contributed by atoms with Gasteiger partial charge in [-0.05, 0) is 59.4 Å². The molecular weight excluding hydrogens is 592 g/mol. The molecule has 1 aliphatic carbocycles. The van der Waals surface area contributed by atoms with Crippen molar-refractivity contribution < 1.29 is 33.4 Å². The van der Waals surface area contributed by atoms with E-state index in [0.717, 1.165) is 54.2 Å². The third kappa shape index (κ3) is 8.82. The van der Waals surface area contributed by atoms with Crippen molar-refractivity contribution in [1.29, 1.82) is 0 Å². The van der Waals surface area contributed by atoms with Crippen LogP contribution in [0.5, 0.6) is 0 Å². The number of unbranched alkanes of at least 4 members (excludes halogenated alkanes) is 3. The molecule has 0 saturated heterocycles. The summed E-state index contributed by atoms with van der Waals surface area (Å²) in [6, 6.07) is 34.2. The maximum atomic E-state index is 13.3. The minimum Gasteiger partial charge on any atom is -0.469 e. The van der Waals surface area contributed by atoms with Crippen LogP contribution in [0.2, 0.25) is 0 Å². The summed E-state index contributed by atoms with van der Waals surface area (Å²) < 4.78 is 16.7. The molecule has 47 heavy (non-hydrogen) atoms. The first-order chi connectivity index (χ1) is 23.0. The number of hydrogen-bond acceptors (Lipinski definition) is 7. The van der Waals surface area contributed by atoms with Crippen LogP contribution >= 0.6 is 0 Å². The largest absolute Gasteiger partial charge is 0.469 e. The fraction of sp³-hybridized carbons (Fsp3) is 0.300. The van der Waals surface area contributed by atoms with Crippen LogP contribution in [-0.4, -0.2) is 43.5 Å². The molecule has 7 heteroatoms. The predicted octanol–water partition coefficient (Wildman–Crippen LogP) is 8.12. The molecule has 0 heterocycles. The van der Waals surface area contributed by atoms with Crippen molar-refractivity contribution in [3.63, 3.8) is 0 Å². The van der Waals surface area contributed by atoms with Crippen molar-refractivity contribution in [3.8, 4) is 22.3 Å². The van der Waals surface area contributed by atoms with E-state index < -0.39 is 30.1 Å². The van der Waals surface area contributed by atoms with Gasteiger partial charge in [0.25, 0.3) is 0 Å². The number of hydrogen-bond donors (Lipinski definition) is 0. The number of carbonyl (C=O) groups excluding carboxylic acids is 4. The van der Waals surface area contributed by atoms with Crippen LogP contribution in [0.15, 0.2) is 109 Å². The molecule has 0 amide bonds. The van der Waals surface area contributed by atoms with Gasteiger partial charge in [0, 0.05) is 18.8 Å². The summed E-state index contributed by atoms with van der Waals surface area (Å²) in [5.74, 6) is -2.16. The average molecular weight is 633 g/mol. The Balaban J connectivity index is 1.26. The monoisotopic (exact) mass is 632 g/mol. The number of esters is 3. The van der Waals surface area contributed by atoms with Crippen molar-refractivity contribution in [2.45, 2.75) is 57.2 Å². The molecule has 7 nitrogen and oxygen atoms in total. The Morgan fingerprint density at radius 3 is 1.57 bits per heavy atom. The second-order valence-electron chi connectivity index (χ2n) is 11.9. The average Bonchev–Trinajstić information content (AvgIpc) is 3.44. The maximum Gasteiger partial charge on any atom is 0.338 e. The van der Waals surface area contributed by atoms with Crippen LogP contribution in [0.3, 0.4) is 0 Å². The second kappa shape index (κ2) is 16.5. The Morgan fingerprint density at radius 1 is 0.617 bits per heavy atom. The van der Waals surface area contributed by atoms with E-state index in [9.17, 15) is 19.2 Å². The highest BCUT2D eigenvalue weighted by Crippen LogP contribution is 2.39. The summed E-state index contributed by atoms with van der Waals surface area (Å²) in [6.07, 6.45) is 3.90. The second-order valence-corrected chi connectivity index (χ2v) is 11.9. The summed E-state index contributed by atoms with van der Waals surface area (Å²) in [5.41, 5.74) is 4.84. The van der Waals surface area contributed by atoms with Crippen molar-refractivity contribution in [3.05, 3.63) is 120 Å². The van der Waals surface area contributed by atoms with Gasteiger partial charge in [0.15, 0.2) is 0 Å². The smallest absolute Gasteiger partial charge is 0.338 e. The maximum absolute atomic E-state index is 13.3. The highest BCUT2D eigenvalue weighted by atomic mass is 16.6. The molecule has 0 N–H and O–H groups in total. The molecule has 1 saturated carbocycles. The molecule has 4 aromatic rings. The fourth-order valence-electron chi connectivity index (χ4n) is 6.29. The Hall–Kier alpha value is -5.04. The molecule has 4 aromatic carbocycles. The molecule has 0 bridgehead atoms. The summed E-state index contributed by atoms with van der Waals surface area (Å²) in [4.78, 5) is 50.5. The van der Waals surface area contributed by atoms with Gasteiger partial charge in [-0.25, -0.2) is 9.59 Å². The van der Waals surface area contributed by atoms with E-state index in [4.69, 9.17) is 14.2 Å². The van der Waals surface area contributed by atoms with Crippen molar-refractivity contribution in [2.75, 3.05) is 7.11 Å². The lowest BCUT2D eigenvalue weighted by atomic mass is 9.89. The highest BCUT2D eigenvalue weighted by molar-refractivity contribution is 5.91. The van der Waals surface area contributed by atoms with Gasteiger partial charge >= 0.3 is 17.9 Å². The summed E-state index contributed by atoms with van der Waals surface area (Å²) in [6.45, 7) is 0. The summed E-state index contributed by atoms with van der Waals surface area (Å²) in [7, 11) is 1.38. The number of carbonyl (C=O) groups is 4. The number of rotatable bonds is 14. The molecular formula is C40H40O7. The third-order valence-electron chi connectivity index (χ3n) is 8.89. The van der Waals surface area contributed by atoms with Gasteiger partial charge in [0.2, 0.25) is 0 Å². The Bertz CT molecular complexity index is 1620. The molecule has 0 aromatic heterocycles. The quantitative estimate of drug-likeness (QED) is 0.0600. The van der Waals surface area contributed by atoms with Gasteiger partial charge in [-0.15, -0.1) is 0 Å².